The molecule has 2 aliphatic heterocycles. The van der Waals surface area contributed by atoms with Crippen molar-refractivity contribution >= 4 is 27.5 Å². The summed E-state index contributed by atoms with van der Waals surface area (Å²) < 4.78 is 13.5. The molecule has 7 heteroatoms. The van der Waals surface area contributed by atoms with Gasteiger partial charge in [0.15, 0.2) is 5.79 Å². The van der Waals surface area contributed by atoms with Crippen molar-refractivity contribution in [2.24, 2.45) is 0 Å². The van der Waals surface area contributed by atoms with Crippen LogP contribution in [0, 0.1) is 13.8 Å². The molecule has 0 atom stereocenters. The normalized spacial score (nSPS) is 19.0. The van der Waals surface area contributed by atoms with Gasteiger partial charge >= 0.3 is 0 Å². The Kier molecular flexibility index (Phi) is 4.26. The zero-order valence-corrected chi connectivity index (χ0v) is 16.9. The number of benzene rings is 1. The molecule has 1 amide bonds. The van der Waals surface area contributed by atoms with Crippen LogP contribution in [-0.2, 0) is 9.47 Å². The number of ether oxygens (including phenoxy) is 2. The largest absolute Gasteiger partial charge is 0.347 e. The van der Waals surface area contributed by atoms with Gasteiger partial charge in [0, 0.05) is 31.3 Å². The number of carbonyl (C=O) groups is 1. The van der Waals surface area contributed by atoms with E-state index < -0.39 is 5.79 Å². The average molecular weight is 398 g/mol. The molecule has 2 aromatic heterocycles. The number of piperidine rings is 1. The molecular formula is C21H23N3O3S. The van der Waals surface area contributed by atoms with Gasteiger partial charge in [0.25, 0.3) is 5.91 Å². The fourth-order valence-electron chi connectivity index (χ4n) is 4.01. The third-order valence-electron chi connectivity index (χ3n) is 5.66. The maximum atomic E-state index is 13.1. The number of amides is 1. The molecule has 2 aliphatic rings. The van der Waals surface area contributed by atoms with Gasteiger partial charge in [-0.3, -0.25) is 4.79 Å². The molecule has 0 radical (unpaired) electrons. The van der Waals surface area contributed by atoms with Gasteiger partial charge in [0.1, 0.15) is 4.83 Å². The first kappa shape index (κ1) is 17.8. The third-order valence-corrected chi connectivity index (χ3v) is 6.76. The van der Waals surface area contributed by atoms with Gasteiger partial charge in [-0.25, -0.2) is 4.68 Å². The molecule has 0 aliphatic carbocycles. The van der Waals surface area contributed by atoms with E-state index in [0.717, 1.165) is 39.3 Å². The Balaban J connectivity index is 1.41. The number of carbonyl (C=O) groups excluding carboxylic acids is 1. The fraction of sp³-hybridized carbons (Fsp3) is 0.429. The van der Waals surface area contributed by atoms with Crippen LogP contribution in [0.4, 0.5) is 0 Å². The van der Waals surface area contributed by atoms with Gasteiger partial charge in [-0.2, -0.15) is 5.10 Å². The lowest BCUT2D eigenvalue weighted by Gasteiger charge is -2.37. The SMILES string of the molecule is Cc1ccc(-n2nc(C)c3cc(C(=O)N4CCC5(CC4)OCCO5)sc32)cc1. The quantitative estimate of drug-likeness (QED) is 0.662. The maximum absolute atomic E-state index is 13.1. The minimum atomic E-state index is -0.459. The Morgan fingerprint density at radius 3 is 2.46 bits per heavy atom. The molecule has 2 saturated heterocycles. The smallest absolute Gasteiger partial charge is 0.264 e. The van der Waals surface area contributed by atoms with Crippen molar-refractivity contribution in [1.82, 2.24) is 14.7 Å². The average Bonchev–Trinajstić information content (AvgIpc) is 3.40. The minimum absolute atomic E-state index is 0.0869. The third kappa shape index (κ3) is 2.94. The van der Waals surface area contributed by atoms with E-state index in [1.165, 1.54) is 16.9 Å². The molecule has 6 nitrogen and oxygen atoms in total. The van der Waals surface area contributed by atoms with Crippen LogP contribution in [0.3, 0.4) is 0 Å². The standard InChI is InChI=1S/C21H23N3O3S/c1-14-3-5-16(6-4-14)24-20-17(15(2)22-24)13-18(28-20)19(25)23-9-7-21(8-10-23)26-11-12-27-21/h3-6,13H,7-12H2,1-2H3. The zero-order valence-electron chi connectivity index (χ0n) is 16.1. The van der Waals surface area contributed by atoms with Gasteiger partial charge in [-0.1, -0.05) is 17.7 Å². The summed E-state index contributed by atoms with van der Waals surface area (Å²) in [5.41, 5.74) is 3.17. The topological polar surface area (TPSA) is 56.6 Å². The van der Waals surface area contributed by atoms with E-state index in [1.54, 1.807) is 0 Å². The number of aryl methyl sites for hydroxylation is 2. The monoisotopic (exact) mass is 397 g/mol. The number of hydrogen-bond donors (Lipinski definition) is 0. The highest BCUT2D eigenvalue weighted by molar-refractivity contribution is 7.20. The Hall–Kier alpha value is -2.22. The lowest BCUT2D eigenvalue weighted by Crippen LogP contribution is -2.47. The molecule has 0 N–H and O–H groups in total. The van der Waals surface area contributed by atoms with Crippen molar-refractivity contribution < 1.29 is 14.3 Å². The van der Waals surface area contributed by atoms with E-state index in [0.29, 0.717) is 26.3 Å². The minimum Gasteiger partial charge on any atom is -0.347 e. The van der Waals surface area contributed by atoms with Crippen LogP contribution < -0.4 is 0 Å². The van der Waals surface area contributed by atoms with Crippen LogP contribution in [0.25, 0.3) is 15.9 Å². The Labute approximate surface area is 167 Å². The van der Waals surface area contributed by atoms with Crippen LogP contribution >= 0.6 is 11.3 Å². The predicted octanol–water partition coefficient (Wildman–Crippen LogP) is 3.68. The highest BCUT2D eigenvalue weighted by atomic mass is 32.1. The van der Waals surface area contributed by atoms with Gasteiger partial charge in [-0.15, -0.1) is 11.3 Å². The van der Waals surface area contributed by atoms with Crippen LogP contribution in [0.1, 0.15) is 33.8 Å². The number of rotatable bonds is 2. The first-order valence-corrected chi connectivity index (χ1v) is 10.5. The molecule has 5 rings (SSSR count). The molecule has 1 aromatic carbocycles. The molecule has 28 heavy (non-hydrogen) atoms. The van der Waals surface area contributed by atoms with Crippen LogP contribution in [0.2, 0.25) is 0 Å². The highest BCUT2D eigenvalue weighted by Crippen LogP contribution is 2.34. The summed E-state index contributed by atoms with van der Waals surface area (Å²) in [4.78, 5) is 16.8. The molecule has 0 unspecified atom stereocenters. The summed E-state index contributed by atoms with van der Waals surface area (Å²) in [6, 6.07) is 10.3. The van der Waals surface area contributed by atoms with Crippen molar-refractivity contribution in [2.75, 3.05) is 26.3 Å². The van der Waals surface area contributed by atoms with E-state index in [9.17, 15) is 4.79 Å². The van der Waals surface area contributed by atoms with Gasteiger partial charge in [-0.05, 0) is 32.0 Å². The zero-order chi connectivity index (χ0) is 19.3. The molecule has 2 fully saturated rings. The first-order valence-electron chi connectivity index (χ1n) is 9.68. The fourth-order valence-corrected chi connectivity index (χ4v) is 5.16. The van der Waals surface area contributed by atoms with Crippen molar-refractivity contribution in [3.8, 4) is 5.69 Å². The van der Waals surface area contributed by atoms with E-state index in [2.05, 4.69) is 36.3 Å². The molecule has 4 heterocycles. The first-order chi connectivity index (χ1) is 13.5. The summed E-state index contributed by atoms with van der Waals surface area (Å²) in [6.45, 7) is 6.69. The molecule has 146 valence electrons. The number of nitrogens with zero attached hydrogens (tertiary/aromatic N) is 3. The van der Waals surface area contributed by atoms with Crippen molar-refractivity contribution in [3.05, 3.63) is 46.5 Å². The number of fused-ring (bicyclic) bond motifs is 1. The second-order valence-electron chi connectivity index (χ2n) is 7.56. The summed E-state index contributed by atoms with van der Waals surface area (Å²) in [7, 11) is 0. The lowest BCUT2D eigenvalue weighted by molar-refractivity contribution is -0.181. The number of likely N-dealkylation sites (tertiary alicyclic amines) is 1. The number of hydrogen-bond acceptors (Lipinski definition) is 5. The molecular weight excluding hydrogens is 374 g/mol. The summed E-state index contributed by atoms with van der Waals surface area (Å²) in [5, 5.41) is 5.73. The Morgan fingerprint density at radius 1 is 1.11 bits per heavy atom. The maximum Gasteiger partial charge on any atom is 0.264 e. The van der Waals surface area contributed by atoms with Gasteiger partial charge in [0.2, 0.25) is 0 Å². The summed E-state index contributed by atoms with van der Waals surface area (Å²) in [6.07, 6.45) is 1.47. The molecule has 0 bridgehead atoms. The summed E-state index contributed by atoms with van der Waals surface area (Å²) in [5.74, 6) is -0.372. The Bertz CT molecular complexity index is 1020. The van der Waals surface area contributed by atoms with Crippen molar-refractivity contribution in [2.45, 2.75) is 32.5 Å². The Morgan fingerprint density at radius 2 is 1.79 bits per heavy atom. The molecule has 1 spiro atoms. The van der Waals surface area contributed by atoms with Crippen LogP contribution in [-0.4, -0.2) is 52.7 Å². The number of thiophene rings is 1. The van der Waals surface area contributed by atoms with E-state index in [-0.39, 0.29) is 5.91 Å². The van der Waals surface area contributed by atoms with Gasteiger partial charge < -0.3 is 14.4 Å². The highest BCUT2D eigenvalue weighted by Gasteiger charge is 2.41. The predicted molar refractivity (Wildman–Crippen MR) is 108 cm³/mol. The van der Waals surface area contributed by atoms with Crippen molar-refractivity contribution in [1.29, 1.82) is 0 Å². The van der Waals surface area contributed by atoms with Crippen molar-refractivity contribution in [3.63, 3.8) is 0 Å². The second-order valence-corrected chi connectivity index (χ2v) is 8.59. The van der Waals surface area contributed by atoms with Crippen LogP contribution in [0.5, 0.6) is 0 Å². The molecule has 0 saturated carbocycles. The van der Waals surface area contributed by atoms with E-state index >= 15 is 0 Å². The molecule has 3 aromatic rings. The second kappa shape index (κ2) is 6.69. The summed E-state index contributed by atoms with van der Waals surface area (Å²) >= 11 is 1.52. The number of aromatic nitrogens is 2. The van der Waals surface area contributed by atoms with Crippen LogP contribution in [0.15, 0.2) is 30.3 Å². The van der Waals surface area contributed by atoms with Gasteiger partial charge in [0.05, 0.1) is 29.5 Å². The lowest BCUT2D eigenvalue weighted by atomic mass is 10.0. The van der Waals surface area contributed by atoms with E-state index in [1.807, 2.05) is 22.6 Å². The van der Waals surface area contributed by atoms with E-state index in [4.69, 9.17) is 9.47 Å².